The first-order valence-corrected chi connectivity index (χ1v) is 5.01. The first kappa shape index (κ1) is 16.1. The molecule has 0 spiro atoms. The first-order chi connectivity index (χ1) is 7.30. The fraction of sp³-hybridized carbons (Fsp3) is 0.222. The molecule has 1 rings (SSSR count). The van der Waals surface area contributed by atoms with E-state index in [2.05, 4.69) is 20.9 Å². The Morgan fingerprint density at radius 3 is 2.35 bits per heavy atom. The van der Waals surface area contributed by atoms with Gasteiger partial charge in [0.05, 0.1) is 12.1 Å². The van der Waals surface area contributed by atoms with Gasteiger partial charge in [-0.05, 0) is 23.8 Å². The summed E-state index contributed by atoms with van der Waals surface area (Å²) in [5.41, 5.74) is 9.86. The second-order valence-corrected chi connectivity index (χ2v) is 3.90. The van der Waals surface area contributed by atoms with Gasteiger partial charge in [0.1, 0.15) is 0 Å². The Morgan fingerprint density at radius 2 is 1.88 bits per heavy atom. The van der Waals surface area contributed by atoms with Gasteiger partial charge in [0.2, 0.25) is 0 Å². The molecule has 0 saturated heterocycles. The number of aliphatic imine (C=N–C) groups is 1. The van der Waals surface area contributed by atoms with E-state index in [1.54, 1.807) is 0 Å². The maximum absolute atomic E-state index is 12.4. The Hall–Kier alpha value is -0.950. The van der Waals surface area contributed by atoms with Crippen molar-refractivity contribution in [1.82, 2.24) is 0 Å². The van der Waals surface area contributed by atoms with Gasteiger partial charge in [-0.15, -0.1) is 12.4 Å². The highest BCUT2D eigenvalue weighted by Crippen LogP contribution is 2.32. The number of nitrogens with two attached hydrogens (primary N) is 2. The standard InChI is InChI=1S/C9H9BrF3N3.ClH/c10-7-2-1-6(9(11,12)13)3-5(7)4-16-8(14)15;/h1-3H,4H2,(H4,14,15,16);1H. The van der Waals surface area contributed by atoms with E-state index in [1.165, 1.54) is 6.07 Å². The summed E-state index contributed by atoms with van der Waals surface area (Å²) < 4.78 is 37.7. The highest BCUT2D eigenvalue weighted by atomic mass is 79.9. The molecule has 0 unspecified atom stereocenters. The molecule has 96 valence electrons. The van der Waals surface area contributed by atoms with Crippen LogP contribution < -0.4 is 11.5 Å². The lowest BCUT2D eigenvalue weighted by Crippen LogP contribution is -2.22. The van der Waals surface area contributed by atoms with Gasteiger partial charge in [-0.25, -0.2) is 4.99 Å². The van der Waals surface area contributed by atoms with Crippen molar-refractivity contribution in [2.45, 2.75) is 12.7 Å². The third-order valence-corrected chi connectivity index (χ3v) is 2.58. The van der Waals surface area contributed by atoms with Gasteiger partial charge in [-0.2, -0.15) is 13.2 Å². The molecule has 8 heteroatoms. The van der Waals surface area contributed by atoms with Crippen molar-refractivity contribution in [2.75, 3.05) is 0 Å². The van der Waals surface area contributed by atoms with Crippen LogP contribution in [0, 0.1) is 0 Å². The van der Waals surface area contributed by atoms with E-state index in [1.807, 2.05) is 0 Å². The molecule has 3 nitrogen and oxygen atoms in total. The predicted octanol–water partition coefficient (Wildman–Crippen LogP) is 2.66. The second kappa shape index (κ2) is 6.11. The van der Waals surface area contributed by atoms with Gasteiger partial charge in [-0.3, -0.25) is 0 Å². The maximum atomic E-state index is 12.4. The van der Waals surface area contributed by atoms with Crippen molar-refractivity contribution >= 4 is 34.3 Å². The molecule has 0 heterocycles. The molecule has 0 radical (unpaired) electrons. The lowest BCUT2D eigenvalue weighted by Gasteiger charge is -2.09. The van der Waals surface area contributed by atoms with E-state index in [4.69, 9.17) is 11.5 Å². The summed E-state index contributed by atoms with van der Waals surface area (Å²) >= 11 is 3.13. The maximum Gasteiger partial charge on any atom is 0.416 e. The summed E-state index contributed by atoms with van der Waals surface area (Å²) in [6, 6.07) is 3.32. The Labute approximate surface area is 111 Å². The third-order valence-electron chi connectivity index (χ3n) is 1.81. The molecule has 1 aromatic rings. The van der Waals surface area contributed by atoms with E-state index in [9.17, 15) is 13.2 Å². The summed E-state index contributed by atoms with van der Waals surface area (Å²) in [6.45, 7) is 0.00678. The van der Waals surface area contributed by atoms with E-state index in [-0.39, 0.29) is 24.9 Å². The molecule has 0 fully saturated rings. The van der Waals surface area contributed by atoms with Crippen LogP contribution in [-0.2, 0) is 12.7 Å². The van der Waals surface area contributed by atoms with Crippen LogP contribution in [0.2, 0.25) is 0 Å². The molecule has 0 atom stereocenters. The van der Waals surface area contributed by atoms with Crippen LogP contribution in [0.15, 0.2) is 27.7 Å². The van der Waals surface area contributed by atoms with Crippen LogP contribution in [0.25, 0.3) is 0 Å². The van der Waals surface area contributed by atoms with E-state index in [0.717, 1.165) is 12.1 Å². The summed E-state index contributed by atoms with van der Waals surface area (Å²) in [7, 11) is 0. The number of hydrogen-bond donors (Lipinski definition) is 2. The quantitative estimate of drug-likeness (QED) is 0.646. The minimum atomic E-state index is -4.37. The van der Waals surface area contributed by atoms with Crippen molar-refractivity contribution < 1.29 is 13.2 Å². The van der Waals surface area contributed by atoms with Gasteiger partial charge in [-0.1, -0.05) is 15.9 Å². The Morgan fingerprint density at radius 1 is 1.29 bits per heavy atom. The average molecular weight is 333 g/mol. The highest BCUT2D eigenvalue weighted by Gasteiger charge is 2.30. The fourth-order valence-electron chi connectivity index (χ4n) is 1.05. The van der Waals surface area contributed by atoms with Gasteiger partial charge in [0.15, 0.2) is 5.96 Å². The monoisotopic (exact) mass is 331 g/mol. The van der Waals surface area contributed by atoms with E-state index < -0.39 is 11.7 Å². The number of rotatable bonds is 2. The zero-order valence-electron chi connectivity index (χ0n) is 8.46. The SMILES string of the molecule is Cl.NC(N)=NCc1cc(C(F)(F)F)ccc1Br. The molecule has 0 aliphatic rings. The normalized spacial score (nSPS) is 10.6. The molecular formula is C9H10BrClF3N3. The van der Waals surface area contributed by atoms with Crippen molar-refractivity contribution in [3.63, 3.8) is 0 Å². The van der Waals surface area contributed by atoms with Gasteiger partial charge in [0, 0.05) is 4.47 Å². The van der Waals surface area contributed by atoms with Crippen molar-refractivity contribution in [3.05, 3.63) is 33.8 Å². The summed E-state index contributed by atoms with van der Waals surface area (Å²) in [6.07, 6.45) is -4.37. The number of hydrogen-bond acceptors (Lipinski definition) is 1. The lowest BCUT2D eigenvalue weighted by molar-refractivity contribution is -0.137. The molecule has 17 heavy (non-hydrogen) atoms. The molecule has 0 amide bonds. The van der Waals surface area contributed by atoms with Crippen LogP contribution in [0.3, 0.4) is 0 Å². The van der Waals surface area contributed by atoms with Crippen LogP contribution in [-0.4, -0.2) is 5.96 Å². The Bertz CT molecular complexity index is 416. The molecule has 0 bridgehead atoms. The molecule has 1 aromatic carbocycles. The molecule has 0 saturated carbocycles. The summed E-state index contributed by atoms with van der Waals surface area (Å²) in [5, 5.41) is 0. The van der Waals surface area contributed by atoms with Crippen molar-refractivity contribution in [2.24, 2.45) is 16.5 Å². The van der Waals surface area contributed by atoms with E-state index >= 15 is 0 Å². The fourth-order valence-corrected chi connectivity index (χ4v) is 1.42. The highest BCUT2D eigenvalue weighted by molar-refractivity contribution is 9.10. The molecular weight excluding hydrogens is 322 g/mol. The lowest BCUT2D eigenvalue weighted by atomic mass is 10.1. The van der Waals surface area contributed by atoms with Gasteiger partial charge < -0.3 is 11.5 Å². The molecule has 0 aliphatic heterocycles. The number of benzene rings is 1. The largest absolute Gasteiger partial charge is 0.416 e. The predicted molar refractivity (Wildman–Crippen MR) is 65.9 cm³/mol. The number of guanidine groups is 1. The number of nitrogens with zero attached hydrogens (tertiary/aromatic N) is 1. The van der Waals surface area contributed by atoms with Crippen molar-refractivity contribution in [1.29, 1.82) is 0 Å². The third kappa shape index (κ3) is 4.82. The minimum Gasteiger partial charge on any atom is -0.370 e. The number of alkyl halides is 3. The summed E-state index contributed by atoms with van der Waals surface area (Å²) in [4.78, 5) is 3.65. The minimum absolute atomic E-state index is 0. The van der Waals surface area contributed by atoms with Crippen LogP contribution in [0.4, 0.5) is 13.2 Å². The van der Waals surface area contributed by atoms with Crippen LogP contribution >= 0.6 is 28.3 Å². The van der Waals surface area contributed by atoms with Gasteiger partial charge >= 0.3 is 6.18 Å². The zero-order valence-corrected chi connectivity index (χ0v) is 10.9. The smallest absolute Gasteiger partial charge is 0.370 e. The second-order valence-electron chi connectivity index (χ2n) is 3.05. The first-order valence-electron chi connectivity index (χ1n) is 4.21. The average Bonchev–Trinajstić information content (AvgIpc) is 2.14. The van der Waals surface area contributed by atoms with Crippen LogP contribution in [0.1, 0.15) is 11.1 Å². The number of halogens is 5. The Kier molecular flexibility index (Phi) is 5.77. The molecule has 4 N–H and O–H groups in total. The Balaban J connectivity index is 0.00000256. The zero-order chi connectivity index (χ0) is 12.3. The summed E-state index contributed by atoms with van der Waals surface area (Å²) in [5.74, 6) is -0.163. The molecule has 0 aromatic heterocycles. The van der Waals surface area contributed by atoms with E-state index in [0.29, 0.717) is 10.0 Å². The van der Waals surface area contributed by atoms with Crippen molar-refractivity contribution in [3.8, 4) is 0 Å². The van der Waals surface area contributed by atoms with Crippen LogP contribution in [0.5, 0.6) is 0 Å². The molecule has 0 aliphatic carbocycles. The van der Waals surface area contributed by atoms with Gasteiger partial charge in [0.25, 0.3) is 0 Å². The topological polar surface area (TPSA) is 64.4 Å².